The molecule has 8 nitrogen and oxygen atoms in total. The van der Waals surface area contributed by atoms with E-state index in [0.29, 0.717) is 0 Å². The maximum absolute atomic E-state index is 11.7. The molecule has 0 amide bonds. The Bertz CT molecular complexity index is 445. The van der Waals surface area contributed by atoms with Crippen LogP contribution in [0.2, 0.25) is 0 Å². The van der Waals surface area contributed by atoms with Crippen LogP contribution in [0.5, 0.6) is 0 Å². The number of carbonyl (C=O) groups is 2. The van der Waals surface area contributed by atoms with Crippen molar-refractivity contribution >= 4 is 12.3 Å². The fourth-order valence-electron chi connectivity index (χ4n) is 1.09. The molecule has 0 unspecified atom stereocenters. The summed E-state index contributed by atoms with van der Waals surface area (Å²) >= 11 is 0. The van der Waals surface area contributed by atoms with Crippen molar-refractivity contribution in [1.82, 2.24) is 0 Å². The quantitative estimate of drug-likeness (QED) is 0.552. The molecular formula is C16H30O8. The molecule has 0 aromatic carbocycles. The second kappa shape index (κ2) is 7.57. The first-order chi connectivity index (χ1) is 10.6. The molecule has 0 rings (SSSR count). The van der Waals surface area contributed by atoms with Crippen molar-refractivity contribution in [1.29, 1.82) is 0 Å². The van der Waals surface area contributed by atoms with Gasteiger partial charge in [0.25, 0.3) is 0 Å². The zero-order chi connectivity index (χ0) is 19.4. The molecule has 0 aromatic rings. The lowest BCUT2D eigenvalue weighted by molar-refractivity contribution is -0.157. The highest BCUT2D eigenvalue weighted by molar-refractivity contribution is 5.62. The highest BCUT2D eigenvalue weighted by atomic mass is 16.8. The number of hydrogen-bond acceptors (Lipinski definition) is 8. The first kappa shape index (κ1) is 22.5. The van der Waals surface area contributed by atoms with Crippen molar-refractivity contribution in [2.24, 2.45) is 0 Å². The topological polar surface area (TPSA) is 101 Å². The number of hydrogen-bond donors (Lipinski definition) is 1. The van der Waals surface area contributed by atoms with Gasteiger partial charge in [0.1, 0.15) is 16.8 Å². The monoisotopic (exact) mass is 350 g/mol. The van der Waals surface area contributed by atoms with E-state index in [2.05, 4.69) is 9.47 Å². The van der Waals surface area contributed by atoms with Crippen LogP contribution in [0.3, 0.4) is 0 Å². The Morgan fingerprint density at radius 1 is 0.750 bits per heavy atom. The Balaban J connectivity index is 4.39. The fraction of sp³-hybridized carbons (Fsp3) is 0.875. The van der Waals surface area contributed by atoms with Gasteiger partial charge in [-0.1, -0.05) is 0 Å². The molecular weight excluding hydrogens is 320 g/mol. The second-order valence-corrected chi connectivity index (χ2v) is 7.40. The van der Waals surface area contributed by atoms with Crippen LogP contribution in [0, 0.1) is 0 Å². The Morgan fingerprint density at radius 2 is 1.12 bits per heavy atom. The summed E-state index contributed by atoms with van der Waals surface area (Å²) in [6.07, 6.45) is -2.09. The molecule has 0 aliphatic carbocycles. The SMILES string of the molecule is COC(C)(C)C(C)(C)OC(=O)OCOC(=O)OC(C)(C)C(C)(C)O. The summed E-state index contributed by atoms with van der Waals surface area (Å²) in [7, 11) is 1.50. The Kier molecular flexibility index (Phi) is 7.08. The summed E-state index contributed by atoms with van der Waals surface area (Å²) in [6.45, 7) is 12.2. The van der Waals surface area contributed by atoms with E-state index in [9.17, 15) is 14.7 Å². The predicted molar refractivity (Wildman–Crippen MR) is 85.5 cm³/mol. The molecule has 8 heteroatoms. The first-order valence-electron chi connectivity index (χ1n) is 7.55. The number of carbonyl (C=O) groups excluding carboxylic acids is 2. The molecule has 0 fully saturated rings. The summed E-state index contributed by atoms with van der Waals surface area (Å²) in [6, 6.07) is 0. The van der Waals surface area contributed by atoms with E-state index in [-0.39, 0.29) is 0 Å². The van der Waals surface area contributed by atoms with Crippen molar-refractivity contribution < 1.29 is 38.4 Å². The molecule has 0 radical (unpaired) electrons. The van der Waals surface area contributed by atoms with Gasteiger partial charge in [0, 0.05) is 7.11 Å². The molecule has 142 valence electrons. The zero-order valence-corrected chi connectivity index (χ0v) is 16.0. The first-order valence-corrected chi connectivity index (χ1v) is 7.55. The van der Waals surface area contributed by atoms with E-state index < -0.39 is 41.5 Å². The van der Waals surface area contributed by atoms with Gasteiger partial charge in [-0.05, 0) is 55.4 Å². The van der Waals surface area contributed by atoms with E-state index >= 15 is 0 Å². The highest BCUT2D eigenvalue weighted by Gasteiger charge is 2.42. The third-order valence-electron chi connectivity index (χ3n) is 4.46. The number of rotatable bonds is 7. The molecule has 0 saturated heterocycles. The van der Waals surface area contributed by atoms with Gasteiger partial charge in [0.05, 0.1) is 5.60 Å². The number of ether oxygens (including phenoxy) is 5. The third-order valence-corrected chi connectivity index (χ3v) is 4.46. The fourth-order valence-corrected chi connectivity index (χ4v) is 1.09. The van der Waals surface area contributed by atoms with Crippen LogP contribution in [-0.4, -0.2) is 53.7 Å². The second-order valence-electron chi connectivity index (χ2n) is 7.40. The summed E-state index contributed by atoms with van der Waals surface area (Å²) < 4.78 is 24.8. The van der Waals surface area contributed by atoms with Crippen molar-refractivity contribution in [2.45, 2.75) is 77.8 Å². The number of aliphatic hydroxyl groups is 1. The largest absolute Gasteiger partial charge is 0.511 e. The van der Waals surface area contributed by atoms with Gasteiger partial charge in [-0.25, -0.2) is 9.59 Å². The Labute approximate surface area is 143 Å². The van der Waals surface area contributed by atoms with Gasteiger partial charge >= 0.3 is 12.3 Å². The molecule has 0 heterocycles. The van der Waals surface area contributed by atoms with Gasteiger partial charge in [-0.2, -0.15) is 0 Å². The van der Waals surface area contributed by atoms with Crippen LogP contribution in [0.4, 0.5) is 9.59 Å². The van der Waals surface area contributed by atoms with Gasteiger partial charge in [0.2, 0.25) is 6.79 Å². The van der Waals surface area contributed by atoms with E-state index in [0.717, 1.165) is 0 Å². The standard InChI is InChI=1S/C16H30O8/c1-13(2,19)14(3,4)23-11(17)21-10-22-12(18)24-16(7,8)15(5,6)20-9/h19H,10H2,1-9H3. The highest BCUT2D eigenvalue weighted by Crippen LogP contribution is 2.29. The lowest BCUT2D eigenvalue weighted by atomic mass is 9.89. The number of methoxy groups -OCH3 is 1. The van der Waals surface area contributed by atoms with Crippen LogP contribution >= 0.6 is 0 Å². The average Bonchev–Trinajstić information content (AvgIpc) is 2.35. The van der Waals surface area contributed by atoms with Gasteiger partial charge < -0.3 is 28.8 Å². The molecule has 0 spiro atoms. The van der Waals surface area contributed by atoms with E-state index in [4.69, 9.17) is 14.2 Å². The molecule has 0 aromatic heterocycles. The molecule has 0 aliphatic rings. The average molecular weight is 350 g/mol. The van der Waals surface area contributed by atoms with Crippen molar-refractivity contribution in [2.75, 3.05) is 13.9 Å². The minimum absolute atomic E-state index is 0.677. The maximum atomic E-state index is 11.7. The van der Waals surface area contributed by atoms with Crippen LogP contribution in [0.25, 0.3) is 0 Å². The van der Waals surface area contributed by atoms with Gasteiger partial charge in [-0.15, -0.1) is 0 Å². The Morgan fingerprint density at radius 3 is 1.46 bits per heavy atom. The smallest absolute Gasteiger partial charge is 0.425 e. The molecule has 0 atom stereocenters. The minimum atomic E-state index is -1.28. The zero-order valence-electron chi connectivity index (χ0n) is 16.0. The summed E-state index contributed by atoms with van der Waals surface area (Å²) in [5.41, 5.74) is -4.18. The molecule has 24 heavy (non-hydrogen) atoms. The normalized spacial score (nSPS) is 13.2. The maximum Gasteiger partial charge on any atom is 0.511 e. The molecule has 0 aliphatic heterocycles. The van der Waals surface area contributed by atoms with Gasteiger partial charge in [0.15, 0.2) is 0 Å². The van der Waals surface area contributed by atoms with Crippen molar-refractivity contribution in [3.8, 4) is 0 Å². The van der Waals surface area contributed by atoms with E-state index in [1.165, 1.54) is 34.8 Å². The minimum Gasteiger partial charge on any atom is -0.425 e. The summed E-state index contributed by atoms with van der Waals surface area (Å²) in [4.78, 5) is 23.2. The van der Waals surface area contributed by atoms with Crippen LogP contribution < -0.4 is 0 Å². The van der Waals surface area contributed by atoms with Gasteiger partial charge in [-0.3, -0.25) is 0 Å². The van der Waals surface area contributed by atoms with Crippen molar-refractivity contribution in [3.05, 3.63) is 0 Å². The van der Waals surface area contributed by atoms with Crippen LogP contribution in [0.1, 0.15) is 55.4 Å². The lowest BCUT2D eigenvalue weighted by Gasteiger charge is -2.38. The third kappa shape index (κ3) is 6.16. The summed E-state index contributed by atoms with van der Waals surface area (Å²) in [5, 5.41) is 9.89. The molecule has 0 saturated carbocycles. The van der Waals surface area contributed by atoms with Crippen LogP contribution in [0.15, 0.2) is 0 Å². The van der Waals surface area contributed by atoms with Crippen molar-refractivity contribution in [3.63, 3.8) is 0 Å². The predicted octanol–water partition coefficient (Wildman–Crippen LogP) is 3.00. The summed E-state index contributed by atoms with van der Waals surface area (Å²) in [5.74, 6) is 0. The molecule has 1 N–H and O–H groups in total. The molecule has 0 bridgehead atoms. The van der Waals surface area contributed by atoms with E-state index in [1.54, 1.807) is 27.7 Å². The van der Waals surface area contributed by atoms with Crippen LogP contribution in [-0.2, 0) is 23.7 Å². The lowest BCUT2D eigenvalue weighted by Crippen LogP contribution is -2.50. The van der Waals surface area contributed by atoms with E-state index in [1.807, 2.05) is 0 Å². The Hall–Kier alpha value is -1.54.